The van der Waals surface area contributed by atoms with E-state index in [0.717, 1.165) is 16.7 Å². The second-order valence-corrected chi connectivity index (χ2v) is 9.41. The number of carbonyl (C=O) groups is 1. The molecule has 1 amide bonds. The maximum atomic E-state index is 13.3. The highest BCUT2D eigenvalue weighted by molar-refractivity contribution is 6.01. The minimum absolute atomic E-state index is 0.236. The molecule has 0 saturated carbocycles. The molecule has 7 heteroatoms. The predicted molar refractivity (Wildman–Crippen MR) is 137 cm³/mol. The van der Waals surface area contributed by atoms with Gasteiger partial charge in [-0.05, 0) is 55.2 Å². The molecule has 1 aliphatic rings. The van der Waals surface area contributed by atoms with Crippen LogP contribution in [0.2, 0.25) is 0 Å². The van der Waals surface area contributed by atoms with Crippen LogP contribution in [-0.4, -0.2) is 60.0 Å². The SMILES string of the molecule is CO[C@H]1[C@@H](O)[C@@H](O)[C@@H](Oc2ccc(-c3ccccc3)c(C(=O)NCCc3ccccc3)c2)OC1(C)C. The Morgan fingerprint density at radius 3 is 2.31 bits per heavy atom. The summed E-state index contributed by atoms with van der Waals surface area (Å²) in [5.74, 6) is 0.103. The first-order valence-corrected chi connectivity index (χ1v) is 12.0. The smallest absolute Gasteiger partial charge is 0.252 e. The zero-order chi connectivity index (χ0) is 25.7. The number of amides is 1. The standard InChI is InChI=1S/C29H33NO6/c1-29(2)26(34-3)24(31)25(32)28(36-29)35-21-14-15-22(20-12-8-5-9-13-20)23(18-21)27(33)30-17-16-19-10-6-4-7-11-19/h4-15,18,24-26,28,31-32H,16-17H2,1-3H3,(H,30,33)/t24-,25+,26-,28-/m0/s1. The van der Waals surface area contributed by atoms with Crippen molar-refractivity contribution in [2.45, 2.75) is 50.5 Å². The Balaban J connectivity index is 1.56. The first kappa shape index (κ1) is 25.9. The maximum Gasteiger partial charge on any atom is 0.252 e. The minimum Gasteiger partial charge on any atom is -0.462 e. The van der Waals surface area contributed by atoms with Gasteiger partial charge in [-0.15, -0.1) is 0 Å². The Bertz CT molecular complexity index is 1150. The molecule has 4 atom stereocenters. The number of ether oxygens (including phenoxy) is 3. The minimum atomic E-state index is -1.33. The van der Waals surface area contributed by atoms with Gasteiger partial charge in [-0.2, -0.15) is 0 Å². The van der Waals surface area contributed by atoms with E-state index in [9.17, 15) is 15.0 Å². The summed E-state index contributed by atoms with van der Waals surface area (Å²) in [6.07, 6.45) is -3.69. The zero-order valence-corrected chi connectivity index (χ0v) is 20.8. The Morgan fingerprint density at radius 2 is 1.64 bits per heavy atom. The highest BCUT2D eigenvalue weighted by Gasteiger charge is 2.50. The van der Waals surface area contributed by atoms with Crippen molar-refractivity contribution in [1.29, 1.82) is 0 Å². The number of aliphatic hydroxyl groups excluding tert-OH is 2. The molecule has 1 saturated heterocycles. The summed E-state index contributed by atoms with van der Waals surface area (Å²) in [7, 11) is 1.46. The molecule has 0 spiro atoms. The Hall–Kier alpha value is -3.23. The van der Waals surface area contributed by atoms with Crippen LogP contribution in [0.5, 0.6) is 5.75 Å². The molecule has 190 valence electrons. The first-order valence-electron chi connectivity index (χ1n) is 12.0. The monoisotopic (exact) mass is 491 g/mol. The molecule has 1 heterocycles. The third-order valence-electron chi connectivity index (χ3n) is 6.41. The van der Waals surface area contributed by atoms with Gasteiger partial charge in [0.05, 0.1) is 11.2 Å². The van der Waals surface area contributed by atoms with Gasteiger partial charge in [-0.1, -0.05) is 60.7 Å². The van der Waals surface area contributed by atoms with Crippen LogP contribution in [0, 0.1) is 0 Å². The molecule has 3 N–H and O–H groups in total. The maximum absolute atomic E-state index is 13.3. The van der Waals surface area contributed by atoms with Crippen molar-refractivity contribution in [3.8, 4) is 16.9 Å². The molecular weight excluding hydrogens is 458 g/mol. The lowest BCUT2D eigenvalue weighted by Crippen LogP contribution is -2.63. The Kier molecular flexibility index (Phi) is 8.06. The third-order valence-corrected chi connectivity index (χ3v) is 6.41. The van der Waals surface area contributed by atoms with Crippen LogP contribution >= 0.6 is 0 Å². The number of carbonyl (C=O) groups excluding carboxylic acids is 1. The average molecular weight is 492 g/mol. The van der Waals surface area contributed by atoms with Crippen LogP contribution < -0.4 is 10.1 Å². The van der Waals surface area contributed by atoms with E-state index in [0.29, 0.717) is 24.3 Å². The van der Waals surface area contributed by atoms with E-state index in [1.165, 1.54) is 7.11 Å². The van der Waals surface area contributed by atoms with E-state index in [-0.39, 0.29) is 5.91 Å². The van der Waals surface area contributed by atoms with Crippen molar-refractivity contribution in [1.82, 2.24) is 5.32 Å². The summed E-state index contributed by atoms with van der Waals surface area (Å²) in [5.41, 5.74) is 2.32. The number of rotatable bonds is 8. The van der Waals surface area contributed by atoms with Gasteiger partial charge < -0.3 is 29.7 Å². The number of benzene rings is 3. The van der Waals surface area contributed by atoms with Gasteiger partial charge in [0.1, 0.15) is 24.1 Å². The number of hydrogen-bond acceptors (Lipinski definition) is 6. The molecule has 1 fully saturated rings. The molecular formula is C29H33NO6. The lowest BCUT2D eigenvalue weighted by Gasteiger charge is -2.46. The number of aliphatic hydroxyl groups is 2. The van der Waals surface area contributed by atoms with E-state index in [1.807, 2.05) is 66.7 Å². The molecule has 1 aliphatic heterocycles. The van der Waals surface area contributed by atoms with Crippen LogP contribution in [0.15, 0.2) is 78.9 Å². The van der Waals surface area contributed by atoms with E-state index in [2.05, 4.69) is 5.32 Å². The second-order valence-electron chi connectivity index (χ2n) is 9.41. The summed E-state index contributed by atoms with van der Waals surface area (Å²) in [4.78, 5) is 13.3. The van der Waals surface area contributed by atoms with Gasteiger partial charge in [0.25, 0.3) is 5.91 Å². The largest absolute Gasteiger partial charge is 0.462 e. The van der Waals surface area contributed by atoms with Crippen LogP contribution in [-0.2, 0) is 15.9 Å². The second kappa shape index (κ2) is 11.2. The lowest BCUT2D eigenvalue weighted by atomic mass is 9.89. The summed E-state index contributed by atoms with van der Waals surface area (Å²) >= 11 is 0. The number of nitrogens with one attached hydrogen (secondary N) is 1. The fourth-order valence-electron chi connectivity index (χ4n) is 4.55. The van der Waals surface area contributed by atoms with Crippen LogP contribution in [0.3, 0.4) is 0 Å². The van der Waals surface area contributed by atoms with Crippen molar-refractivity contribution in [3.63, 3.8) is 0 Å². The summed E-state index contributed by atoms with van der Waals surface area (Å²) in [5, 5.41) is 24.2. The lowest BCUT2D eigenvalue weighted by molar-refractivity contribution is -0.305. The van der Waals surface area contributed by atoms with Gasteiger partial charge in [-0.25, -0.2) is 0 Å². The molecule has 3 aromatic rings. The summed E-state index contributed by atoms with van der Waals surface area (Å²) in [6.45, 7) is 4.00. The highest BCUT2D eigenvalue weighted by atomic mass is 16.7. The average Bonchev–Trinajstić information content (AvgIpc) is 2.88. The van der Waals surface area contributed by atoms with Crippen molar-refractivity contribution < 1.29 is 29.2 Å². The van der Waals surface area contributed by atoms with Crippen LogP contribution in [0.1, 0.15) is 29.8 Å². The molecule has 4 rings (SSSR count). The van der Waals surface area contributed by atoms with Crippen molar-refractivity contribution >= 4 is 5.91 Å². The molecule has 0 radical (unpaired) electrons. The van der Waals surface area contributed by atoms with Gasteiger partial charge >= 0.3 is 0 Å². The van der Waals surface area contributed by atoms with Gasteiger partial charge in [0.2, 0.25) is 6.29 Å². The summed E-state index contributed by atoms with van der Waals surface area (Å²) < 4.78 is 17.2. The predicted octanol–water partition coefficient (Wildman–Crippen LogP) is 3.58. The summed E-state index contributed by atoms with van der Waals surface area (Å²) in [6, 6.07) is 24.8. The molecule has 3 aromatic carbocycles. The fourth-order valence-corrected chi connectivity index (χ4v) is 4.55. The quantitative estimate of drug-likeness (QED) is 0.446. The van der Waals surface area contributed by atoms with E-state index < -0.39 is 30.2 Å². The zero-order valence-electron chi connectivity index (χ0n) is 20.8. The van der Waals surface area contributed by atoms with Crippen LogP contribution in [0.25, 0.3) is 11.1 Å². The molecule has 0 unspecified atom stereocenters. The van der Waals surface area contributed by atoms with Gasteiger partial charge in [0.15, 0.2) is 0 Å². The molecule has 36 heavy (non-hydrogen) atoms. The topological polar surface area (TPSA) is 97.3 Å². The number of methoxy groups -OCH3 is 1. The van der Waals surface area contributed by atoms with Gasteiger partial charge in [0, 0.05) is 13.7 Å². The Morgan fingerprint density at radius 1 is 0.972 bits per heavy atom. The molecule has 0 aromatic heterocycles. The van der Waals surface area contributed by atoms with Crippen LogP contribution in [0.4, 0.5) is 0 Å². The van der Waals surface area contributed by atoms with E-state index >= 15 is 0 Å². The highest BCUT2D eigenvalue weighted by Crippen LogP contribution is 2.34. The molecule has 0 aliphatic carbocycles. The van der Waals surface area contributed by atoms with Crippen molar-refractivity contribution in [2.24, 2.45) is 0 Å². The molecule has 0 bridgehead atoms. The normalized spacial score (nSPS) is 23.1. The van der Waals surface area contributed by atoms with Gasteiger partial charge in [-0.3, -0.25) is 4.79 Å². The van der Waals surface area contributed by atoms with Crippen molar-refractivity contribution in [3.05, 3.63) is 90.0 Å². The fraction of sp³-hybridized carbons (Fsp3) is 0.345. The molecule has 7 nitrogen and oxygen atoms in total. The first-order chi connectivity index (χ1) is 17.3. The number of hydrogen-bond donors (Lipinski definition) is 3. The van der Waals surface area contributed by atoms with E-state index in [4.69, 9.17) is 14.2 Å². The third kappa shape index (κ3) is 5.77. The van der Waals surface area contributed by atoms with Crippen molar-refractivity contribution in [2.75, 3.05) is 13.7 Å². The van der Waals surface area contributed by atoms with E-state index in [1.54, 1.807) is 26.0 Å². The Labute approximate surface area is 211 Å².